The van der Waals surface area contributed by atoms with Crippen molar-refractivity contribution in [2.24, 2.45) is 5.92 Å². The lowest BCUT2D eigenvalue weighted by Crippen LogP contribution is -2.40. The van der Waals surface area contributed by atoms with Crippen LogP contribution in [0.4, 0.5) is 17.5 Å². The molecule has 1 aliphatic rings. The fourth-order valence-corrected chi connectivity index (χ4v) is 3.54. The van der Waals surface area contributed by atoms with E-state index in [1.807, 2.05) is 32.2 Å². The number of aryl methyl sites for hydroxylation is 2. The molecule has 3 rings (SSSR count). The number of hydrogen-bond donors (Lipinski definition) is 2. The predicted molar refractivity (Wildman–Crippen MR) is 116 cm³/mol. The highest BCUT2D eigenvalue weighted by Crippen LogP contribution is 2.27. The highest BCUT2D eigenvalue weighted by molar-refractivity contribution is 5.58. The molecule has 2 N–H and O–H groups in total. The normalized spacial score (nSPS) is 14.6. The Morgan fingerprint density at radius 2 is 2.10 bits per heavy atom. The molecule has 0 spiro atoms. The Morgan fingerprint density at radius 3 is 2.76 bits per heavy atom. The van der Waals surface area contributed by atoms with Crippen LogP contribution in [-0.2, 0) is 6.42 Å². The van der Waals surface area contributed by atoms with Gasteiger partial charge in [0.05, 0.1) is 19.1 Å². The van der Waals surface area contributed by atoms with Gasteiger partial charge in [0.25, 0.3) is 0 Å². The minimum absolute atomic E-state index is 0.100. The molecule has 0 radical (unpaired) electrons. The lowest BCUT2D eigenvalue weighted by molar-refractivity contribution is 0.162. The molecule has 1 aromatic heterocycles. The van der Waals surface area contributed by atoms with E-state index in [1.54, 1.807) is 7.11 Å². The van der Waals surface area contributed by atoms with Gasteiger partial charge in [0.15, 0.2) is 0 Å². The Morgan fingerprint density at radius 1 is 1.28 bits per heavy atom. The maximum atomic E-state index is 9.44. The second kappa shape index (κ2) is 10.1. The summed E-state index contributed by atoms with van der Waals surface area (Å²) in [7, 11) is 3.53. The number of anilines is 3. The first-order valence-corrected chi connectivity index (χ1v) is 10.2. The molecule has 7 nitrogen and oxygen atoms in total. The molecule has 0 bridgehead atoms. The summed E-state index contributed by atoms with van der Waals surface area (Å²) < 4.78 is 5.54. The van der Waals surface area contributed by atoms with Crippen LogP contribution in [0, 0.1) is 24.2 Å². The number of nitriles is 1. The van der Waals surface area contributed by atoms with Gasteiger partial charge in [-0.25, -0.2) is 4.98 Å². The predicted octanol–water partition coefficient (Wildman–Crippen LogP) is 3.75. The number of nitrogens with one attached hydrogen (secondary N) is 2. The van der Waals surface area contributed by atoms with Crippen LogP contribution < -0.4 is 15.4 Å². The van der Waals surface area contributed by atoms with Crippen molar-refractivity contribution in [1.29, 1.82) is 5.26 Å². The van der Waals surface area contributed by atoms with E-state index in [0.717, 1.165) is 67.4 Å². The smallest absolute Gasteiger partial charge is 0.229 e. The summed E-state index contributed by atoms with van der Waals surface area (Å²) >= 11 is 0. The summed E-state index contributed by atoms with van der Waals surface area (Å²) in [6, 6.07) is 10.4. The van der Waals surface area contributed by atoms with Crippen molar-refractivity contribution >= 4 is 17.5 Å². The fraction of sp³-hybridized carbons (Fsp3) is 0.500. The van der Waals surface area contributed by atoms with Gasteiger partial charge in [-0.05, 0) is 69.5 Å². The van der Waals surface area contributed by atoms with E-state index in [0.29, 0.717) is 5.95 Å². The topological polar surface area (TPSA) is 86.1 Å². The molecule has 0 aliphatic carbocycles. The van der Waals surface area contributed by atoms with Crippen LogP contribution in [0.25, 0.3) is 0 Å². The van der Waals surface area contributed by atoms with Gasteiger partial charge in [-0.1, -0.05) is 0 Å². The summed E-state index contributed by atoms with van der Waals surface area (Å²) in [6.07, 6.45) is 3.99. The number of ether oxygens (including phenoxy) is 1. The second-order valence-electron chi connectivity index (χ2n) is 7.49. The Hall–Kier alpha value is -2.85. The largest absolute Gasteiger partial charge is 0.496 e. The first kappa shape index (κ1) is 20.9. The first-order valence-electron chi connectivity index (χ1n) is 10.2. The lowest BCUT2D eigenvalue weighted by Gasteiger charge is -2.32. The molecule has 1 saturated heterocycles. The molecular formula is C22H30N6O. The lowest BCUT2D eigenvalue weighted by atomic mass is 9.98. The van der Waals surface area contributed by atoms with Gasteiger partial charge in [0, 0.05) is 31.0 Å². The zero-order valence-corrected chi connectivity index (χ0v) is 17.5. The quantitative estimate of drug-likeness (QED) is 0.635. The third-order valence-electron chi connectivity index (χ3n) is 5.26. The van der Waals surface area contributed by atoms with Crippen molar-refractivity contribution in [3.8, 4) is 11.8 Å². The zero-order valence-electron chi connectivity index (χ0n) is 17.5. The molecule has 0 saturated carbocycles. The zero-order chi connectivity index (χ0) is 20.6. The van der Waals surface area contributed by atoms with Gasteiger partial charge in [-0.2, -0.15) is 10.2 Å². The fourth-order valence-electron chi connectivity index (χ4n) is 3.54. The Bertz CT molecular complexity index is 859. The molecule has 1 atom stereocenters. The highest BCUT2D eigenvalue weighted by Gasteiger charge is 2.19. The molecule has 2 heterocycles. The molecule has 7 heteroatoms. The van der Waals surface area contributed by atoms with Crippen LogP contribution in [0.15, 0.2) is 24.3 Å². The molecule has 154 valence electrons. The van der Waals surface area contributed by atoms with E-state index in [1.165, 1.54) is 6.42 Å². The van der Waals surface area contributed by atoms with Crippen LogP contribution in [0.2, 0.25) is 0 Å². The second-order valence-corrected chi connectivity index (χ2v) is 7.49. The summed E-state index contributed by atoms with van der Waals surface area (Å²) in [6.45, 7) is 5.11. The van der Waals surface area contributed by atoms with Crippen molar-refractivity contribution in [2.45, 2.75) is 32.6 Å². The van der Waals surface area contributed by atoms with Crippen LogP contribution in [0.1, 0.15) is 30.5 Å². The molecule has 0 unspecified atom stereocenters. The summed E-state index contributed by atoms with van der Waals surface area (Å²) in [4.78, 5) is 11.3. The third kappa shape index (κ3) is 5.81. The van der Waals surface area contributed by atoms with Gasteiger partial charge < -0.3 is 20.3 Å². The van der Waals surface area contributed by atoms with Crippen molar-refractivity contribution in [1.82, 2.24) is 14.9 Å². The van der Waals surface area contributed by atoms with E-state index in [9.17, 15) is 5.26 Å². The SMILES string of the molecule is CNc1cc(C)nc(Nc2ccc(OC)c(CCC[C@H](C#N)CN3CCC3)c2)n1. The monoisotopic (exact) mass is 394 g/mol. The van der Waals surface area contributed by atoms with Gasteiger partial charge in [-0.15, -0.1) is 0 Å². The van der Waals surface area contributed by atoms with Crippen molar-refractivity contribution < 1.29 is 4.74 Å². The molecule has 0 amide bonds. The molecule has 2 aromatic rings. The van der Waals surface area contributed by atoms with Crippen LogP contribution in [0.5, 0.6) is 5.75 Å². The Labute approximate surface area is 173 Å². The Kier molecular flexibility index (Phi) is 7.25. The molecule has 1 aromatic carbocycles. The minimum atomic E-state index is 0.100. The molecule has 29 heavy (non-hydrogen) atoms. The van der Waals surface area contributed by atoms with Crippen LogP contribution >= 0.6 is 0 Å². The van der Waals surface area contributed by atoms with Gasteiger partial charge in [-0.3, -0.25) is 0 Å². The average Bonchev–Trinajstić information content (AvgIpc) is 2.68. The summed E-state index contributed by atoms with van der Waals surface area (Å²) in [5, 5.41) is 15.8. The third-order valence-corrected chi connectivity index (χ3v) is 5.26. The van der Waals surface area contributed by atoms with Crippen LogP contribution in [-0.4, -0.2) is 48.7 Å². The number of hydrogen-bond acceptors (Lipinski definition) is 7. The van der Waals surface area contributed by atoms with Gasteiger partial charge >= 0.3 is 0 Å². The van der Waals surface area contributed by atoms with Gasteiger partial charge in [0.1, 0.15) is 11.6 Å². The standard InChI is InChI=1S/C22H30N6O/c1-16-12-21(24-2)27-22(25-16)26-19-8-9-20(29-3)18(13-19)7-4-6-17(14-23)15-28-10-5-11-28/h8-9,12-13,17H,4-7,10-11,15H2,1-3H3,(H2,24,25,26,27)/t17-/m1/s1. The van der Waals surface area contributed by atoms with E-state index in [4.69, 9.17) is 4.74 Å². The molecule has 1 fully saturated rings. The number of aromatic nitrogens is 2. The van der Waals surface area contributed by atoms with Gasteiger partial charge in [0.2, 0.25) is 5.95 Å². The van der Waals surface area contributed by atoms with E-state index >= 15 is 0 Å². The minimum Gasteiger partial charge on any atom is -0.496 e. The average molecular weight is 395 g/mol. The van der Waals surface area contributed by atoms with Crippen LogP contribution in [0.3, 0.4) is 0 Å². The molecular weight excluding hydrogens is 364 g/mol. The van der Waals surface area contributed by atoms with Crippen molar-refractivity contribution in [3.63, 3.8) is 0 Å². The maximum Gasteiger partial charge on any atom is 0.229 e. The number of nitrogens with zero attached hydrogens (tertiary/aromatic N) is 4. The number of benzene rings is 1. The number of likely N-dealkylation sites (tertiary alicyclic amines) is 1. The number of rotatable bonds is 10. The summed E-state index contributed by atoms with van der Waals surface area (Å²) in [5.41, 5.74) is 2.94. The number of methoxy groups -OCH3 is 1. The molecule has 1 aliphatic heterocycles. The van der Waals surface area contributed by atoms with Crippen molar-refractivity contribution in [2.75, 3.05) is 44.4 Å². The van der Waals surface area contributed by atoms with Crippen molar-refractivity contribution in [3.05, 3.63) is 35.5 Å². The van der Waals surface area contributed by atoms with E-state index in [2.05, 4.69) is 37.6 Å². The Balaban J connectivity index is 1.63. The summed E-state index contributed by atoms with van der Waals surface area (Å²) in [5.74, 6) is 2.30. The first-order chi connectivity index (χ1) is 14.1. The maximum absolute atomic E-state index is 9.44. The highest BCUT2D eigenvalue weighted by atomic mass is 16.5. The van der Waals surface area contributed by atoms with E-state index < -0.39 is 0 Å². The van der Waals surface area contributed by atoms with E-state index in [-0.39, 0.29) is 5.92 Å².